The van der Waals surface area contributed by atoms with Crippen molar-refractivity contribution in [3.05, 3.63) is 11.6 Å². The summed E-state index contributed by atoms with van der Waals surface area (Å²) in [6, 6.07) is 1.60. The molecule has 16 heavy (non-hydrogen) atoms. The molecule has 0 radical (unpaired) electrons. The molecule has 1 atom stereocenters. The molecule has 0 bridgehead atoms. The SMILES string of the molecule is CCC(COCCC=C(C#N)C(=O)O)OC. The second kappa shape index (κ2) is 8.89. The van der Waals surface area contributed by atoms with Gasteiger partial charge in [0.15, 0.2) is 0 Å². The van der Waals surface area contributed by atoms with E-state index in [0.29, 0.717) is 19.6 Å². The fourth-order valence-corrected chi connectivity index (χ4v) is 1.03. The van der Waals surface area contributed by atoms with Gasteiger partial charge in [-0.15, -0.1) is 0 Å². The number of hydrogen-bond acceptors (Lipinski definition) is 4. The summed E-state index contributed by atoms with van der Waals surface area (Å²) in [6.07, 6.45) is 2.70. The van der Waals surface area contributed by atoms with E-state index in [9.17, 15) is 4.79 Å². The van der Waals surface area contributed by atoms with Crippen LogP contribution in [0, 0.1) is 11.3 Å². The number of carboxylic acid groups (broad SMARTS) is 1. The number of ether oxygens (including phenoxy) is 2. The van der Waals surface area contributed by atoms with E-state index in [-0.39, 0.29) is 11.7 Å². The third-order valence-electron chi connectivity index (χ3n) is 2.05. The molecule has 0 fully saturated rings. The second-order valence-electron chi connectivity index (χ2n) is 3.16. The fourth-order valence-electron chi connectivity index (χ4n) is 1.03. The smallest absolute Gasteiger partial charge is 0.346 e. The predicted octanol–water partition coefficient (Wildman–Crippen LogP) is 1.35. The van der Waals surface area contributed by atoms with Crippen LogP contribution >= 0.6 is 0 Å². The number of rotatable bonds is 8. The monoisotopic (exact) mass is 227 g/mol. The Balaban J connectivity index is 3.75. The highest BCUT2D eigenvalue weighted by molar-refractivity contribution is 5.90. The number of carboxylic acids is 1. The molecule has 0 aromatic heterocycles. The lowest BCUT2D eigenvalue weighted by atomic mass is 10.2. The van der Waals surface area contributed by atoms with Crippen LogP contribution in [0.1, 0.15) is 19.8 Å². The van der Waals surface area contributed by atoms with E-state index in [4.69, 9.17) is 19.8 Å². The molecule has 0 heterocycles. The van der Waals surface area contributed by atoms with Gasteiger partial charge >= 0.3 is 5.97 Å². The highest BCUT2D eigenvalue weighted by Crippen LogP contribution is 1.99. The standard InChI is InChI=1S/C11H17NO4/c1-3-10(15-2)8-16-6-4-5-9(7-12)11(13)14/h5,10H,3-4,6,8H2,1-2H3,(H,13,14). The molecule has 0 rings (SSSR count). The maximum absolute atomic E-state index is 10.4. The van der Waals surface area contributed by atoms with Crippen molar-refractivity contribution in [2.45, 2.75) is 25.9 Å². The Morgan fingerprint density at radius 1 is 1.62 bits per heavy atom. The first kappa shape index (κ1) is 14.6. The average molecular weight is 227 g/mol. The Morgan fingerprint density at radius 3 is 2.75 bits per heavy atom. The molecule has 0 aliphatic heterocycles. The molecule has 0 aromatic carbocycles. The van der Waals surface area contributed by atoms with Gasteiger partial charge in [-0.2, -0.15) is 5.26 Å². The van der Waals surface area contributed by atoms with Gasteiger partial charge in [-0.1, -0.05) is 13.0 Å². The second-order valence-corrected chi connectivity index (χ2v) is 3.16. The highest BCUT2D eigenvalue weighted by atomic mass is 16.5. The summed E-state index contributed by atoms with van der Waals surface area (Å²) in [5, 5.41) is 17.0. The maximum atomic E-state index is 10.4. The zero-order valence-corrected chi connectivity index (χ0v) is 9.60. The highest BCUT2D eigenvalue weighted by Gasteiger charge is 2.05. The van der Waals surface area contributed by atoms with E-state index >= 15 is 0 Å². The molecular formula is C11H17NO4. The lowest BCUT2D eigenvalue weighted by Crippen LogP contribution is -2.17. The van der Waals surface area contributed by atoms with Crippen LogP contribution in [-0.4, -0.2) is 37.5 Å². The summed E-state index contributed by atoms with van der Waals surface area (Å²) in [6.45, 7) is 2.86. The van der Waals surface area contributed by atoms with Gasteiger partial charge in [-0.25, -0.2) is 4.79 Å². The van der Waals surface area contributed by atoms with Crippen molar-refractivity contribution in [2.24, 2.45) is 0 Å². The minimum Gasteiger partial charge on any atom is -0.477 e. The van der Waals surface area contributed by atoms with E-state index in [1.165, 1.54) is 6.08 Å². The Labute approximate surface area is 95.3 Å². The van der Waals surface area contributed by atoms with E-state index in [0.717, 1.165) is 6.42 Å². The number of methoxy groups -OCH3 is 1. The van der Waals surface area contributed by atoms with Crippen LogP contribution in [0.15, 0.2) is 11.6 Å². The van der Waals surface area contributed by atoms with Crippen molar-refractivity contribution in [1.82, 2.24) is 0 Å². The van der Waals surface area contributed by atoms with Crippen LogP contribution in [-0.2, 0) is 14.3 Å². The summed E-state index contributed by atoms with van der Waals surface area (Å²) in [4.78, 5) is 10.4. The lowest BCUT2D eigenvalue weighted by Gasteiger charge is -2.12. The largest absolute Gasteiger partial charge is 0.477 e. The third-order valence-corrected chi connectivity index (χ3v) is 2.05. The minimum atomic E-state index is -1.20. The first-order chi connectivity index (χ1) is 7.65. The summed E-state index contributed by atoms with van der Waals surface area (Å²) in [5.74, 6) is -1.20. The summed E-state index contributed by atoms with van der Waals surface area (Å²) in [5.41, 5.74) is -0.248. The summed E-state index contributed by atoms with van der Waals surface area (Å²) >= 11 is 0. The minimum absolute atomic E-state index is 0.0684. The van der Waals surface area contributed by atoms with Crippen LogP contribution in [0.25, 0.3) is 0 Å². The average Bonchev–Trinajstić information content (AvgIpc) is 2.28. The van der Waals surface area contributed by atoms with Crippen molar-refractivity contribution in [2.75, 3.05) is 20.3 Å². The van der Waals surface area contributed by atoms with Gasteiger partial charge in [0.25, 0.3) is 0 Å². The van der Waals surface area contributed by atoms with Crippen LogP contribution in [0.3, 0.4) is 0 Å². The molecule has 0 aliphatic rings. The van der Waals surface area contributed by atoms with E-state index < -0.39 is 5.97 Å². The Morgan fingerprint density at radius 2 is 2.31 bits per heavy atom. The van der Waals surface area contributed by atoms with Crippen molar-refractivity contribution >= 4 is 5.97 Å². The predicted molar refractivity (Wildman–Crippen MR) is 57.9 cm³/mol. The topological polar surface area (TPSA) is 79.5 Å². The van der Waals surface area contributed by atoms with Gasteiger partial charge in [0.1, 0.15) is 11.6 Å². The molecule has 0 spiro atoms. The lowest BCUT2D eigenvalue weighted by molar-refractivity contribution is -0.132. The Kier molecular flexibility index (Phi) is 8.12. The molecule has 0 aromatic rings. The number of hydrogen-bond donors (Lipinski definition) is 1. The normalized spacial score (nSPS) is 13.2. The molecule has 5 nitrogen and oxygen atoms in total. The first-order valence-electron chi connectivity index (χ1n) is 5.09. The number of aliphatic carboxylic acids is 1. The van der Waals surface area contributed by atoms with E-state index in [1.54, 1.807) is 13.2 Å². The molecule has 0 aliphatic carbocycles. The fraction of sp³-hybridized carbons (Fsp3) is 0.636. The van der Waals surface area contributed by atoms with Gasteiger partial charge in [0.2, 0.25) is 0 Å². The van der Waals surface area contributed by atoms with Gasteiger partial charge < -0.3 is 14.6 Å². The molecule has 1 N–H and O–H groups in total. The number of nitrogens with zero attached hydrogens (tertiary/aromatic N) is 1. The molecule has 0 amide bonds. The zero-order valence-electron chi connectivity index (χ0n) is 9.60. The van der Waals surface area contributed by atoms with Crippen LogP contribution in [0.4, 0.5) is 0 Å². The van der Waals surface area contributed by atoms with Gasteiger partial charge in [0, 0.05) is 7.11 Å². The molecule has 1 unspecified atom stereocenters. The number of nitriles is 1. The molecular weight excluding hydrogens is 210 g/mol. The summed E-state index contributed by atoms with van der Waals surface area (Å²) < 4.78 is 10.4. The van der Waals surface area contributed by atoms with Crippen LogP contribution < -0.4 is 0 Å². The number of carbonyl (C=O) groups is 1. The van der Waals surface area contributed by atoms with Gasteiger partial charge in [0.05, 0.1) is 19.3 Å². The molecule has 90 valence electrons. The van der Waals surface area contributed by atoms with Crippen molar-refractivity contribution in [3.63, 3.8) is 0 Å². The van der Waals surface area contributed by atoms with Crippen LogP contribution in [0.2, 0.25) is 0 Å². The van der Waals surface area contributed by atoms with Gasteiger partial charge in [-0.3, -0.25) is 0 Å². The third kappa shape index (κ3) is 6.17. The van der Waals surface area contributed by atoms with E-state index in [2.05, 4.69) is 0 Å². The first-order valence-corrected chi connectivity index (χ1v) is 5.09. The Hall–Kier alpha value is -1.38. The van der Waals surface area contributed by atoms with Crippen LogP contribution in [0.5, 0.6) is 0 Å². The molecule has 0 saturated carbocycles. The molecule has 0 saturated heterocycles. The van der Waals surface area contributed by atoms with Crippen molar-refractivity contribution < 1.29 is 19.4 Å². The maximum Gasteiger partial charge on any atom is 0.346 e. The molecule has 5 heteroatoms. The van der Waals surface area contributed by atoms with Crippen molar-refractivity contribution in [3.8, 4) is 6.07 Å². The van der Waals surface area contributed by atoms with Gasteiger partial charge in [-0.05, 0) is 12.8 Å². The van der Waals surface area contributed by atoms with E-state index in [1.807, 2.05) is 6.92 Å². The van der Waals surface area contributed by atoms with Crippen molar-refractivity contribution in [1.29, 1.82) is 5.26 Å². The Bertz CT molecular complexity index is 276. The quantitative estimate of drug-likeness (QED) is 0.384. The summed E-state index contributed by atoms with van der Waals surface area (Å²) in [7, 11) is 1.62. The zero-order chi connectivity index (χ0) is 12.4.